The fourth-order valence-corrected chi connectivity index (χ4v) is 0.367. The van der Waals surface area contributed by atoms with E-state index in [4.69, 9.17) is 41.5 Å². The number of carboxylic acid groups (broad SMARTS) is 2. The van der Waals surface area contributed by atoms with Crippen molar-refractivity contribution in [3.8, 4) is 0 Å². The molecule has 0 aliphatic rings. The predicted molar refractivity (Wildman–Crippen MR) is 63.6 cm³/mol. The first-order chi connectivity index (χ1) is 7.13. The summed E-state index contributed by atoms with van der Waals surface area (Å²) in [6.07, 6.45) is -1.18. The molecule has 0 spiro atoms. The van der Waals surface area contributed by atoms with Crippen molar-refractivity contribution in [3.63, 3.8) is 0 Å². The molecule has 1 unspecified atom stereocenters. The van der Waals surface area contributed by atoms with Crippen LogP contribution in [-0.4, -0.2) is 80.8 Å². The third-order valence-electron chi connectivity index (χ3n) is 0.816. The molecule has 8 nitrogen and oxygen atoms in total. The Bertz CT molecular complexity index is 171. The molecule has 17 heavy (non-hydrogen) atoms. The number of aliphatic hydroxyl groups excluding tert-OH is 1. The predicted octanol–water partition coefficient (Wildman–Crippen LogP) is -2.49. The molecule has 0 aromatic rings. The summed E-state index contributed by atoms with van der Waals surface area (Å²) in [5.74, 6) is -1.67. The molecule has 0 aromatic carbocycles. The normalized spacial score (nSPS) is 9.82. The van der Waals surface area contributed by atoms with Crippen LogP contribution < -0.4 is 11.5 Å². The van der Waals surface area contributed by atoms with Gasteiger partial charge in [0.2, 0.25) is 0 Å². The molecule has 0 saturated carbocycles. The standard InChI is InChI=1S/C4H12N2O2.2C2H4O2.Na.H/c5-2-3(6)1-4(7)8;2*1-2(3)4;;/h3-4,7-8H,1-2,5-6H2;2*1H3,(H,3,4);;. The molecule has 0 bridgehead atoms. The van der Waals surface area contributed by atoms with Crippen molar-refractivity contribution >= 4 is 41.5 Å². The molecule has 1 atom stereocenters. The topological polar surface area (TPSA) is 167 Å². The van der Waals surface area contributed by atoms with E-state index in [-0.39, 0.29) is 48.6 Å². The van der Waals surface area contributed by atoms with Gasteiger partial charge in [0.25, 0.3) is 11.9 Å². The minimum atomic E-state index is -1.33. The molecular weight excluding hydrogens is 243 g/mol. The van der Waals surface area contributed by atoms with E-state index in [2.05, 4.69) is 0 Å². The van der Waals surface area contributed by atoms with Gasteiger partial charge >= 0.3 is 29.6 Å². The summed E-state index contributed by atoms with van der Waals surface area (Å²) in [7, 11) is 0. The Morgan fingerprint density at radius 2 is 1.35 bits per heavy atom. The van der Waals surface area contributed by atoms with Crippen LogP contribution in [0.4, 0.5) is 0 Å². The van der Waals surface area contributed by atoms with Crippen molar-refractivity contribution in [1.82, 2.24) is 0 Å². The number of carboxylic acids is 2. The summed E-state index contributed by atoms with van der Waals surface area (Å²) in [4.78, 5) is 18.0. The van der Waals surface area contributed by atoms with Crippen LogP contribution in [0.25, 0.3) is 0 Å². The zero-order valence-electron chi connectivity index (χ0n) is 9.33. The third kappa shape index (κ3) is 89.7. The van der Waals surface area contributed by atoms with Crippen LogP contribution in [0.5, 0.6) is 0 Å². The van der Waals surface area contributed by atoms with Gasteiger partial charge in [0.1, 0.15) is 0 Å². The van der Waals surface area contributed by atoms with Crippen LogP contribution in [0.15, 0.2) is 0 Å². The Balaban J connectivity index is -0.0000000806. The SMILES string of the molecule is CC(=O)O.CC(=O)O.NCC(N)CC(O)O.[NaH]. The molecule has 0 amide bonds. The Kier molecular flexibility index (Phi) is 27.3. The molecule has 0 fully saturated rings. The zero-order chi connectivity index (χ0) is 13.7. The maximum absolute atomic E-state index is 9.00. The average molecular weight is 264 g/mol. The van der Waals surface area contributed by atoms with E-state index in [1.165, 1.54) is 0 Å². The number of rotatable bonds is 3. The summed E-state index contributed by atoms with van der Waals surface area (Å²) in [6, 6.07) is -0.296. The van der Waals surface area contributed by atoms with E-state index in [0.29, 0.717) is 0 Å². The van der Waals surface area contributed by atoms with Crippen LogP contribution in [0.3, 0.4) is 0 Å². The van der Waals surface area contributed by atoms with Crippen LogP contribution in [-0.2, 0) is 9.59 Å². The quantitative estimate of drug-likeness (QED) is 0.240. The Morgan fingerprint density at radius 3 is 1.41 bits per heavy atom. The fourth-order valence-electron chi connectivity index (χ4n) is 0.367. The molecule has 100 valence electrons. The van der Waals surface area contributed by atoms with E-state index in [9.17, 15) is 0 Å². The van der Waals surface area contributed by atoms with E-state index in [0.717, 1.165) is 13.8 Å². The number of aliphatic hydroxyl groups is 2. The maximum atomic E-state index is 9.00. The van der Waals surface area contributed by atoms with Crippen molar-refractivity contribution in [2.75, 3.05) is 6.54 Å². The van der Waals surface area contributed by atoms with Gasteiger partial charge in [0.15, 0.2) is 6.29 Å². The fraction of sp³-hybridized carbons (Fsp3) is 0.750. The van der Waals surface area contributed by atoms with Crippen LogP contribution in [0.1, 0.15) is 20.3 Å². The van der Waals surface area contributed by atoms with Gasteiger partial charge in [-0.1, -0.05) is 0 Å². The average Bonchev–Trinajstić information content (AvgIpc) is 2.00. The van der Waals surface area contributed by atoms with E-state index in [1.807, 2.05) is 0 Å². The molecule has 9 heteroatoms. The van der Waals surface area contributed by atoms with Gasteiger partial charge in [-0.25, -0.2) is 0 Å². The van der Waals surface area contributed by atoms with E-state index < -0.39 is 18.2 Å². The number of hydrogen-bond acceptors (Lipinski definition) is 6. The third-order valence-corrected chi connectivity index (χ3v) is 0.816. The van der Waals surface area contributed by atoms with Crippen molar-refractivity contribution in [3.05, 3.63) is 0 Å². The molecule has 0 aliphatic carbocycles. The summed E-state index contributed by atoms with van der Waals surface area (Å²) in [6.45, 7) is 2.46. The molecule has 0 saturated heterocycles. The first-order valence-electron chi connectivity index (χ1n) is 4.34. The number of carbonyl (C=O) groups is 2. The summed E-state index contributed by atoms with van der Waals surface area (Å²) in [5.41, 5.74) is 10.3. The Morgan fingerprint density at radius 1 is 1.12 bits per heavy atom. The molecule has 8 N–H and O–H groups in total. The summed E-state index contributed by atoms with van der Waals surface area (Å²) < 4.78 is 0. The monoisotopic (exact) mass is 264 g/mol. The molecular formula is C8H21N2NaO6. The van der Waals surface area contributed by atoms with Gasteiger partial charge in [0.05, 0.1) is 0 Å². The van der Waals surface area contributed by atoms with Crippen LogP contribution in [0, 0.1) is 0 Å². The van der Waals surface area contributed by atoms with Crippen LogP contribution in [0.2, 0.25) is 0 Å². The second-order valence-electron chi connectivity index (χ2n) is 2.75. The molecule has 0 heterocycles. The van der Waals surface area contributed by atoms with E-state index in [1.54, 1.807) is 0 Å². The summed E-state index contributed by atoms with van der Waals surface area (Å²) in [5, 5.41) is 31.4. The number of nitrogens with two attached hydrogens (primary N) is 2. The Labute approximate surface area is 122 Å². The van der Waals surface area contributed by atoms with Gasteiger partial charge in [-0.3, -0.25) is 9.59 Å². The Hall–Kier alpha value is -0.220. The first-order valence-corrected chi connectivity index (χ1v) is 4.34. The van der Waals surface area contributed by atoms with Crippen LogP contribution >= 0.6 is 0 Å². The van der Waals surface area contributed by atoms with Crippen molar-refractivity contribution in [2.24, 2.45) is 11.5 Å². The first kappa shape index (κ1) is 25.6. The van der Waals surface area contributed by atoms with Crippen molar-refractivity contribution < 1.29 is 30.0 Å². The van der Waals surface area contributed by atoms with Gasteiger partial charge in [0, 0.05) is 32.9 Å². The molecule has 0 rings (SSSR count). The van der Waals surface area contributed by atoms with Gasteiger partial charge in [-0.05, 0) is 0 Å². The molecule has 0 radical (unpaired) electrons. The molecule has 0 aliphatic heterocycles. The van der Waals surface area contributed by atoms with Gasteiger partial charge in [-0.2, -0.15) is 0 Å². The summed E-state index contributed by atoms with van der Waals surface area (Å²) >= 11 is 0. The minimum absolute atomic E-state index is 0. The van der Waals surface area contributed by atoms with Crippen molar-refractivity contribution in [1.29, 1.82) is 0 Å². The second kappa shape index (κ2) is 18.2. The second-order valence-corrected chi connectivity index (χ2v) is 2.75. The zero-order valence-corrected chi connectivity index (χ0v) is 9.33. The molecule has 0 aromatic heterocycles. The number of hydrogen-bond donors (Lipinski definition) is 6. The van der Waals surface area contributed by atoms with Gasteiger partial charge in [-0.15, -0.1) is 0 Å². The van der Waals surface area contributed by atoms with Gasteiger partial charge < -0.3 is 31.9 Å². The number of aliphatic carboxylic acids is 2. The van der Waals surface area contributed by atoms with E-state index >= 15 is 0 Å². The van der Waals surface area contributed by atoms with Crippen molar-refractivity contribution in [2.45, 2.75) is 32.6 Å².